The first-order chi connectivity index (χ1) is 5.74. The summed E-state index contributed by atoms with van der Waals surface area (Å²) in [5.74, 6) is 1.60. The highest BCUT2D eigenvalue weighted by Gasteiger charge is 2.35. The second kappa shape index (κ2) is 3.08. The van der Waals surface area contributed by atoms with Gasteiger partial charge in [-0.25, -0.2) is 0 Å². The van der Waals surface area contributed by atoms with Crippen LogP contribution in [0.1, 0.15) is 39.0 Å². The third-order valence-electron chi connectivity index (χ3n) is 3.17. The van der Waals surface area contributed by atoms with Crippen LogP contribution in [-0.4, -0.2) is 12.1 Å². The lowest BCUT2D eigenvalue weighted by molar-refractivity contribution is -0.148. The first-order valence-corrected chi connectivity index (χ1v) is 4.91. The van der Waals surface area contributed by atoms with Crippen molar-refractivity contribution < 1.29 is 9.53 Å². The number of carbonyl (C=O) groups excluding carboxylic acids is 1. The Kier molecular flexibility index (Phi) is 2.07. The Bertz CT molecular complexity index is 176. The van der Waals surface area contributed by atoms with Gasteiger partial charge in [0.1, 0.15) is 6.10 Å². The summed E-state index contributed by atoms with van der Waals surface area (Å²) in [5, 5.41) is 0. The Balaban J connectivity index is 1.89. The van der Waals surface area contributed by atoms with Crippen LogP contribution in [0.3, 0.4) is 0 Å². The summed E-state index contributed by atoms with van der Waals surface area (Å²) in [7, 11) is 0. The number of carbonyl (C=O) groups is 1. The smallest absolute Gasteiger partial charge is 0.302 e. The molecule has 2 unspecified atom stereocenters. The van der Waals surface area contributed by atoms with Gasteiger partial charge in [0.25, 0.3) is 0 Å². The summed E-state index contributed by atoms with van der Waals surface area (Å²) < 4.78 is 5.23. The highest BCUT2D eigenvalue weighted by molar-refractivity contribution is 5.66. The van der Waals surface area contributed by atoms with Crippen molar-refractivity contribution in [3.63, 3.8) is 0 Å². The Hall–Kier alpha value is -0.530. The Labute approximate surface area is 73.3 Å². The van der Waals surface area contributed by atoms with Gasteiger partial charge in [0.05, 0.1) is 0 Å². The van der Waals surface area contributed by atoms with Crippen LogP contribution in [0.5, 0.6) is 0 Å². The van der Waals surface area contributed by atoms with Crippen molar-refractivity contribution in [3.8, 4) is 0 Å². The number of ether oxygens (including phenoxy) is 1. The van der Waals surface area contributed by atoms with E-state index in [-0.39, 0.29) is 12.1 Å². The van der Waals surface area contributed by atoms with E-state index in [4.69, 9.17) is 4.74 Å². The average molecular weight is 168 g/mol. The topological polar surface area (TPSA) is 26.3 Å². The number of hydrogen-bond donors (Lipinski definition) is 0. The molecule has 2 bridgehead atoms. The van der Waals surface area contributed by atoms with E-state index < -0.39 is 0 Å². The first kappa shape index (κ1) is 8.09. The van der Waals surface area contributed by atoms with Crippen molar-refractivity contribution >= 4 is 5.97 Å². The van der Waals surface area contributed by atoms with Crippen molar-refractivity contribution in [2.75, 3.05) is 0 Å². The van der Waals surface area contributed by atoms with Gasteiger partial charge in [0.15, 0.2) is 0 Å². The van der Waals surface area contributed by atoms with Crippen LogP contribution in [0, 0.1) is 11.8 Å². The molecular weight excluding hydrogens is 152 g/mol. The van der Waals surface area contributed by atoms with E-state index >= 15 is 0 Å². The van der Waals surface area contributed by atoms with Gasteiger partial charge in [-0.05, 0) is 31.1 Å². The van der Waals surface area contributed by atoms with Gasteiger partial charge in [-0.3, -0.25) is 4.79 Å². The Morgan fingerprint density at radius 1 is 1.17 bits per heavy atom. The molecule has 0 aliphatic heterocycles. The molecule has 0 aromatic carbocycles. The van der Waals surface area contributed by atoms with E-state index in [0.29, 0.717) is 0 Å². The van der Waals surface area contributed by atoms with Gasteiger partial charge < -0.3 is 4.74 Å². The molecule has 2 aliphatic rings. The largest absolute Gasteiger partial charge is 0.463 e. The monoisotopic (exact) mass is 168 g/mol. The van der Waals surface area contributed by atoms with Gasteiger partial charge in [-0.2, -0.15) is 0 Å². The zero-order valence-corrected chi connectivity index (χ0v) is 7.58. The number of esters is 1. The summed E-state index contributed by atoms with van der Waals surface area (Å²) in [4.78, 5) is 10.7. The molecule has 12 heavy (non-hydrogen) atoms. The molecule has 2 heteroatoms. The molecule has 0 spiro atoms. The Morgan fingerprint density at radius 3 is 2.25 bits per heavy atom. The average Bonchev–Trinajstić information content (AvgIpc) is 2.29. The molecule has 0 heterocycles. The van der Waals surface area contributed by atoms with Crippen molar-refractivity contribution in [2.45, 2.75) is 45.1 Å². The molecule has 2 atom stereocenters. The predicted octanol–water partition coefficient (Wildman–Crippen LogP) is 2.13. The van der Waals surface area contributed by atoms with E-state index in [2.05, 4.69) is 0 Å². The quantitative estimate of drug-likeness (QED) is 0.561. The minimum absolute atomic E-state index is 0.110. The van der Waals surface area contributed by atoms with E-state index in [1.807, 2.05) is 0 Å². The summed E-state index contributed by atoms with van der Waals surface area (Å²) in [5.41, 5.74) is 0. The third-order valence-corrected chi connectivity index (χ3v) is 3.17. The molecule has 0 saturated heterocycles. The van der Waals surface area contributed by atoms with Gasteiger partial charge in [-0.1, -0.05) is 12.8 Å². The highest BCUT2D eigenvalue weighted by Crippen LogP contribution is 2.42. The number of fused-ring (bicyclic) bond motifs is 2. The predicted molar refractivity (Wildman–Crippen MR) is 45.6 cm³/mol. The molecule has 0 aromatic rings. The zero-order valence-electron chi connectivity index (χ0n) is 7.58. The summed E-state index contributed by atoms with van der Waals surface area (Å²) in [6.45, 7) is 1.51. The first-order valence-electron chi connectivity index (χ1n) is 4.91. The van der Waals surface area contributed by atoms with Crippen molar-refractivity contribution in [1.82, 2.24) is 0 Å². The molecule has 2 fully saturated rings. The highest BCUT2D eigenvalue weighted by atomic mass is 16.5. The summed E-state index contributed by atoms with van der Waals surface area (Å²) >= 11 is 0. The molecule has 0 amide bonds. The maximum Gasteiger partial charge on any atom is 0.302 e. The fraction of sp³-hybridized carbons (Fsp3) is 0.900. The molecule has 0 radical (unpaired) electrons. The number of hydrogen-bond acceptors (Lipinski definition) is 2. The maximum absolute atomic E-state index is 10.7. The van der Waals surface area contributed by atoms with Crippen LogP contribution >= 0.6 is 0 Å². The lowest BCUT2D eigenvalue weighted by Gasteiger charge is -2.26. The SMILES string of the molecule is CC(=O)OC1CC2CCC(C2)C1. The fourth-order valence-corrected chi connectivity index (χ4v) is 2.78. The molecule has 2 aliphatic carbocycles. The molecule has 2 saturated carbocycles. The van der Waals surface area contributed by atoms with Crippen molar-refractivity contribution in [2.24, 2.45) is 11.8 Å². The summed E-state index contributed by atoms with van der Waals surface area (Å²) in [6.07, 6.45) is 6.60. The summed E-state index contributed by atoms with van der Waals surface area (Å²) in [6, 6.07) is 0. The van der Waals surface area contributed by atoms with Gasteiger partial charge in [0.2, 0.25) is 0 Å². The van der Waals surface area contributed by atoms with Gasteiger partial charge >= 0.3 is 5.97 Å². The standard InChI is InChI=1S/C10H16O2/c1-7(11)12-10-5-8-2-3-9(4-8)6-10/h8-10H,2-6H2,1H3. The van der Waals surface area contributed by atoms with Crippen LogP contribution in [-0.2, 0) is 9.53 Å². The lowest BCUT2D eigenvalue weighted by atomic mass is 9.87. The fourth-order valence-electron chi connectivity index (χ4n) is 2.78. The second-order valence-corrected chi connectivity index (χ2v) is 4.25. The molecule has 2 rings (SSSR count). The van der Waals surface area contributed by atoms with E-state index in [1.165, 1.54) is 26.2 Å². The molecule has 2 nitrogen and oxygen atoms in total. The zero-order chi connectivity index (χ0) is 8.55. The van der Waals surface area contributed by atoms with Crippen molar-refractivity contribution in [1.29, 1.82) is 0 Å². The van der Waals surface area contributed by atoms with Crippen LogP contribution in [0.4, 0.5) is 0 Å². The lowest BCUT2D eigenvalue weighted by Crippen LogP contribution is -2.25. The molecule has 68 valence electrons. The normalized spacial score (nSPS) is 39.6. The van der Waals surface area contributed by atoms with Crippen molar-refractivity contribution in [3.05, 3.63) is 0 Å². The maximum atomic E-state index is 10.7. The minimum Gasteiger partial charge on any atom is -0.463 e. The second-order valence-electron chi connectivity index (χ2n) is 4.25. The van der Waals surface area contributed by atoms with Gasteiger partial charge in [-0.15, -0.1) is 0 Å². The molecular formula is C10H16O2. The molecule has 0 N–H and O–H groups in total. The molecule has 0 aromatic heterocycles. The van der Waals surface area contributed by atoms with Crippen LogP contribution < -0.4 is 0 Å². The van der Waals surface area contributed by atoms with E-state index in [0.717, 1.165) is 24.7 Å². The van der Waals surface area contributed by atoms with E-state index in [9.17, 15) is 4.79 Å². The minimum atomic E-state index is -0.110. The Morgan fingerprint density at radius 2 is 1.75 bits per heavy atom. The van der Waals surface area contributed by atoms with E-state index in [1.54, 1.807) is 0 Å². The van der Waals surface area contributed by atoms with Gasteiger partial charge in [0, 0.05) is 6.92 Å². The third kappa shape index (κ3) is 1.62. The number of rotatable bonds is 1. The van der Waals surface area contributed by atoms with Crippen LogP contribution in [0.15, 0.2) is 0 Å². The van der Waals surface area contributed by atoms with Crippen LogP contribution in [0.25, 0.3) is 0 Å². The van der Waals surface area contributed by atoms with Crippen LogP contribution in [0.2, 0.25) is 0 Å².